The minimum atomic E-state index is -0.497. The maximum Gasteiger partial charge on any atom is 0.349 e. The van der Waals surface area contributed by atoms with E-state index in [2.05, 4.69) is 41.3 Å². The first-order chi connectivity index (χ1) is 7.02. The fourth-order valence-electron chi connectivity index (χ4n) is 0.839. The van der Waals surface area contributed by atoms with Crippen molar-refractivity contribution in [3.05, 3.63) is 18.7 Å². The molecule has 0 amide bonds. The summed E-state index contributed by atoms with van der Waals surface area (Å²) in [4.78, 5) is 23.2. The Bertz CT molecular complexity index is 377. The molecule has 7 heteroatoms. The molecule has 1 aromatic heterocycles. The second-order valence-electron chi connectivity index (χ2n) is 2.37. The molecule has 0 aliphatic carbocycles. The summed E-state index contributed by atoms with van der Waals surface area (Å²) in [5.74, 6) is -0.995. The molecule has 0 N–H and O–H groups in total. The van der Waals surface area contributed by atoms with E-state index in [1.54, 1.807) is 0 Å². The Balaban J connectivity index is 3.24. The maximum absolute atomic E-state index is 11.3. The standard InChI is InChI=1S/C8H6Br2O4S/c1-13-7(11)5-3(9)4(10)6(15-5)8(12)14-2/h1-2H3. The van der Waals surface area contributed by atoms with E-state index >= 15 is 0 Å². The number of esters is 2. The lowest BCUT2D eigenvalue weighted by Crippen LogP contribution is -1.99. The number of carbonyl (C=O) groups is 2. The Kier molecular flexibility index (Phi) is 4.30. The summed E-state index contributed by atoms with van der Waals surface area (Å²) in [5, 5.41) is 0. The molecule has 0 saturated carbocycles. The molecule has 0 radical (unpaired) electrons. The zero-order valence-corrected chi connectivity index (χ0v) is 11.8. The SMILES string of the molecule is COC(=O)c1sc(C(=O)OC)c(Br)c1Br. The Labute approximate surface area is 107 Å². The Morgan fingerprint density at radius 2 is 1.33 bits per heavy atom. The van der Waals surface area contributed by atoms with Crippen LogP contribution in [0.3, 0.4) is 0 Å². The highest BCUT2D eigenvalue weighted by molar-refractivity contribution is 9.13. The van der Waals surface area contributed by atoms with Crippen LogP contribution >= 0.6 is 43.2 Å². The zero-order chi connectivity index (χ0) is 11.6. The predicted octanol–water partition coefficient (Wildman–Crippen LogP) is 2.85. The molecule has 0 fully saturated rings. The number of methoxy groups -OCH3 is 2. The Hall–Kier alpha value is -0.400. The normalized spacial score (nSPS) is 9.87. The summed E-state index contributed by atoms with van der Waals surface area (Å²) in [6.07, 6.45) is 0. The van der Waals surface area contributed by atoms with E-state index in [1.165, 1.54) is 14.2 Å². The summed E-state index contributed by atoms with van der Waals surface area (Å²) in [6, 6.07) is 0. The Morgan fingerprint density at radius 3 is 1.60 bits per heavy atom. The molecule has 1 aromatic rings. The summed E-state index contributed by atoms with van der Waals surface area (Å²) in [5.41, 5.74) is 0. The first-order valence-corrected chi connectivity index (χ1v) is 6.07. The van der Waals surface area contributed by atoms with Gasteiger partial charge in [0.1, 0.15) is 9.75 Å². The van der Waals surface area contributed by atoms with Gasteiger partial charge in [-0.3, -0.25) is 0 Å². The molecule has 1 rings (SSSR count). The second-order valence-corrected chi connectivity index (χ2v) is 4.98. The highest BCUT2D eigenvalue weighted by Crippen LogP contribution is 2.38. The van der Waals surface area contributed by atoms with Crippen molar-refractivity contribution in [1.82, 2.24) is 0 Å². The van der Waals surface area contributed by atoms with Gasteiger partial charge in [-0.25, -0.2) is 9.59 Å². The van der Waals surface area contributed by atoms with Crippen LogP contribution in [0.5, 0.6) is 0 Å². The predicted molar refractivity (Wildman–Crippen MR) is 62.4 cm³/mol. The zero-order valence-electron chi connectivity index (χ0n) is 7.80. The third-order valence-electron chi connectivity index (χ3n) is 1.54. The van der Waals surface area contributed by atoms with Crippen LogP contribution in [0.15, 0.2) is 8.95 Å². The lowest BCUT2D eigenvalue weighted by Gasteiger charge is -1.94. The van der Waals surface area contributed by atoms with Gasteiger partial charge in [0.15, 0.2) is 0 Å². The van der Waals surface area contributed by atoms with Crippen LogP contribution in [0.1, 0.15) is 19.3 Å². The monoisotopic (exact) mass is 356 g/mol. The molecule has 0 atom stereocenters. The average Bonchev–Trinajstić information content (AvgIpc) is 2.54. The summed E-state index contributed by atoms with van der Waals surface area (Å²) in [6.45, 7) is 0. The largest absolute Gasteiger partial charge is 0.465 e. The van der Waals surface area contributed by atoms with Crippen LogP contribution in [0, 0.1) is 0 Å². The molecular formula is C8H6Br2O4S. The minimum Gasteiger partial charge on any atom is -0.465 e. The summed E-state index contributed by atoms with van der Waals surface area (Å²) in [7, 11) is 2.56. The van der Waals surface area contributed by atoms with Gasteiger partial charge in [0.2, 0.25) is 0 Å². The maximum atomic E-state index is 11.3. The van der Waals surface area contributed by atoms with Crippen LogP contribution in [0.25, 0.3) is 0 Å². The minimum absolute atomic E-state index is 0.324. The van der Waals surface area contributed by atoms with Crippen molar-refractivity contribution in [2.75, 3.05) is 14.2 Å². The molecular weight excluding hydrogens is 352 g/mol. The quantitative estimate of drug-likeness (QED) is 0.764. The van der Waals surface area contributed by atoms with Crippen LogP contribution < -0.4 is 0 Å². The average molecular weight is 358 g/mol. The van der Waals surface area contributed by atoms with Crippen LogP contribution in [-0.2, 0) is 9.47 Å². The highest BCUT2D eigenvalue weighted by Gasteiger charge is 2.24. The Morgan fingerprint density at radius 1 is 1.00 bits per heavy atom. The van der Waals surface area contributed by atoms with Gasteiger partial charge in [0, 0.05) is 0 Å². The molecule has 0 saturated heterocycles. The van der Waals surface area contributed by atoms with Crippen molar-refractivity contribution in [3.63, 3.8) is 0 Å². The van der Waals surface area contributed by atoms with Gasteiger partial charge in [0.25, 0.3) is 0 Å². The van der Waals surface area contributed by atoms with Crippen molar-refractivity contribution in [2.45, 2.75) is 0 Å². The molecule has 15 heavy (non-hydrogen) atoms. The number of hydrogen-bond acceptors (Lipinski definition) is 5. The van der Waals surface area contributed by atoms with Crippen LogP contribution in [0.2, 0.25) is 0 Å². The lowest BCUT2D eigenvalue weighted by atomic mass is 10.4. The molecule has 0 spiro atoms. The lowest BCUT2D eigenvalue weighted by molar-refractivity contribution is 0.0598. The molecule has 0 bridgehead atoms. The van der Waals surface area contributed by atoms with Crippen molar-refractivity contribution in [3.8, 4) is 0 Å². The summed E-state index contributed by atoms with van der Waals surface area (Å²) < 4.78 is 10.1. The fraction of sp³-hybridized carbons (Fsp3) is 0.250. The van der Waals surface area contributed by atoms with Gasteiger partial charge in [-0.15, -0.1) is 11.3 Å². The summed E-state index contributed by atoms with van der Waals surface area (Å²) >= 11 is 7.40. The first-order valence-electron chi connectivity index (χ1n) is 3.67. The van der Waals surface area contributed by atoms with Crippen molar-refractivity contribution < 1.29 is 19.1 Å². The highest BCUT2D eigenvalue weighted by atomic mass is 79.9. The van der Waals surface area contributed by atoms with E-state index in [4.69, 9.17) is 0 Å². The van der Waals surface area contributed by atoms with Crippen LogP contribution in [-0.4, -0.2) is 26.2 Å². The van der Waals surface area contributed by atoms with Gasteiger partial charge >= 0.3 is 11.9 Å². The number of carbonyl (C=O) groups excluding carboxylic acids is 2. The fourth-order valence-corrected chi connectivity index (χ4v) is 3.23. The topological polar surface area (TPSA) is 52.6 Å². The van der Waals surface area contributed by atoms with Gasteiger partial charge in [-0.2, -0.15) is 0 Å². The number of thiophene rings is 1. The first kappa shape index (κ1) is 12.7. The van der Waals surface area contributed by atoms with Crippen LogP contribution in [0.4, 0.5) is 0 Å². The molecule has 0 unspecified atom stereocenters. The van der Waals surface area contributed by atoms with E-state index in [1.807, 2.05) is 0 Å². The van der Waals surface area contributed by atoms with Crippen molar-refractivity contribution >= 4 is 55.1 Å². The second kappa shape index (κ2) is 5.09. The van der Waals surface area contributed by atoms with E-state index in [0.29, 0.717) is 18.7 Å². The molecule has 0 aliphatic heterocycles. The van der Waals surface area contributed by atoms with E-state index < -0.39 is 11.9 Å². The number of halogens is 2. The number of rotatable bonds is 2. The van der Waals surface area contributed by atoms with Gasteiger partial charge in [0.05, 0.1) is 23.2 Å². The smallest absolute Gasteiger partial charge is 0.349 e. The third-order valence-corrected chi connectivity index (χ3v) is 5.33. The van der Waals surface area contributed by atoms with E-state index in [9.17, 15) is 9.59 Å². The number of hydrogen-bond donors (Lipinski definition) is 0. The van der Waals surface area contributed by atoms with Gasteiger partial charge in [-0.05, 0) is 31.9 Å². The van der Waals surface area contributed by atoms with E-state index in [-0.39, 0.29) is 0 Å². The van der Waals surface area contributed by atoms with Gasteiger partial charge in [-0.1, -0.05) is 0 Å². The van der Waals surface area contributed by atoms with E-state index in [0.717, 1.165) is 11.3 Å². The van der Waals surface area contributed by atoms with Crippen molar-refractivity contribution in [2.24, 2.45) is 0 Å². The molecule has 4 nitrogen and oxygen atoms in total. The third kappa shape index (κ3) is 2.40. The molecule has 0 aliphatic rings. The number of ether oxygens (including phenoxy) is 2. The van der Waals surface area contributed by atoms with Crippen molar-refractivity contribution in [1.29, 1.82) is 0 Å². The van der Waals surface area contributed by atoms with Gasteiger partial charge < -0.3 is 9.47 Å². The molecule has 1 heterocycles. The molecule has 0 aromatic carbocycles. The molecule has 82 valence electrons.